The highest BCUT2D eigenvalue weighted by Gasteiger charge is 2.32. The van der Waals surface area contributed by atoms with Crippen molar-refractivity contribution in [2.75, 3.05) is 5.32 Å². The second kappa shape index (κ2) is 6.99. The standard InChI is InChI=1S/C26H19F4NO/c1-13-12-26(2,3)31-21-7-5-17-18-10-16(28)11-20(30)25(18)32-22(24(17)23(13)21)9-14-8-15(27)4-6-19(14)29/h4-12,31H,1-3H3. The van der Waals surface area contributed by atoms with Gasteiger partial charge in [0.05, 0.1) is 5.54 Å². The molecule has 2 nitrogen and oxygen atoms in total. The van der Waals surface area contributed by atoms with Gasteiger partial charge in [-0.3, -0.25) is 0 Å². The molecule has 2 heterocycles. The molecule has 0 amide bonds. The molecule has 3 aromatic rings. The summed E-state index contributed by atoms with van der Waals surface area (Å²) in [5.74, 6) is -2.88. The lowest BCUT2D eigenvalue weighted by Crippen LogP contribution is -2.32. The van der Waals surface area contributed by atoms with E-state index >= 15 is 0 Å². The summed E-state index contributed by atoms with van der Waals surface area (Å²) in [6, 6.07) is 8.63. The Balaban J connectivity index is 1.84. The van der Waals surface area contributed by atoms with Gasteiger partial charge in [-0.1, -0.05) is 12.1 Å². The molecule has 0 spiro atoms. The SMILES string of the molecule is CC1=CC(C)(C)Nc2ccc3c(c21)C(=Cc1cc(F)ccc1F)Oc1c(F)cc(F)cc1-3. The summed E-state index contributed by atoms with van der Waals surface area (Å²) >= 11 is 0. The normalized spacial score (nSPS) is 17.0. The van der Waals surface area contributed by atoms with Gasteiger partial charge in [0.15, 0.2) is 11.6 Å². The zero-order valence-electron chi connectivity index (χ0n) is 17.6. The Bertz CT molecular complexity index is 1350. The second-order valence-corrected chi connectivity index (χ2v) is 8.63. The molecule has 0 aromatic heterocycles. The van der Waals surface area contributed by atoms with Crippen molar-refractivity contribution in [1.82, 2.24) is 0 Å². The summed E-state index contributed by atoms with van der Waals surface area (Å²) in [5, 5.41) is 3.43. The minimum absolute atomic E-state index is 0.0414. The van der Waals surface area contributed by atoms with E-state index in [4.69, 9.17) is 4.74 Å². The molecule has 2 aliphatic rings. The van der Waals surface area contributed by atoms with Crippen molar-refractivity contribution >= 4 is 23.1 Å². The first kappa shape index (κ1) is 20.4. The molecule has 0 saturated heterocycles. The molecule has 0 aliphatic carbocycles. The molecular formula is C26H19F4NO. The smallest absolute Gasteiger partial charge is 0.171 e. The third-order valence-corrected chi connectivity index (χ3v) is 5.64. The molecule has 2 aliphatic heterocycles. The molecule has 6 heteroatoms. The van der Waals surface area contributed by atoms with Crippen molar-refractivity contribution in [3.8, 4) is 16.9 Å². The molecule has 0 atom stereocenters. The van der Waals surface area contributed by atoms with Crippen LogP contribution in [0.2, 0.25) is 0 Å². The molecule has 0 fully saturated rings. The molecule has 3 aromatic carbocycles. The summed E-state index contributed by atoms with van der Waals surface area (Å²) in [5.41, 5.74) is 3.52. The van der Waals surface area contributed by atoms with Crippen LogP contribution in [0.25, 0.3) is 28.5 Å². The van der Waals surface area contributed by atoms with E-state index in [1.54, 1.807) is 6.07 Å². The number of nitrogens with one attached hydrogen (secondary N) is 1. The molecule has 0 unspecified atom stereocenters. The third kappa shape index (κ3) is 3.27. The van der Waals surface area contributed by atoms with E-state index in [0.29, 0.717) is 11.1 Å². The number of allylic oxidation sites excluding steroid dienone is 1. The molecule has 0 saturated carbocycles. The number of anilines is 1. The van der Waals surface area contributed by atoms with Crippen molar-refractivity contribution in [1.29, 1.82) is 0 Å². The highest BCUT2D eigenvalue weighted by atomic mass is 19.1. The first-order valence-electron chi connectivity index (χ1n) is 10.1. The molecule has 0 bridgehead atoms. The highest BCUT2D eigenvalue weighted by molar-refractivity contribution is 6.00. The van der Waals surface area contributed by atoms with Gasteiger partial charge in [-0.05, 0) is 68.3 Å². The number of fused-ring (bicyclic) bond motifs is 5. The first-order chi connectivity index (χ1) is 15.1. The number of hydrogen-bond acceptors (Lipinski definition) is 2. The van der Waals surface area contributed by atoms with E-state index in [1.165, 1.54) is 12.1 Å². The zero-order chi connectivity index (χ0) is 22.8. The fourth-order valence-electron chi connectivity index (χ4n) is 4.49. The van der Waals surface area contributed by atoms with E-state index in [2.05, 4.69) is 5.32 Å². The minimum atomic E-state index is -0.875. The van der Waals surface area contributed by atoms with Crippen molar-refractivity contribution in [2.45, 2.75) is 26.3 Å². The molecule has 32 heavy (non-hydrogen) atoms. The summed E-state index contributed by atoms with van der Waals surface area (Å²) in [7, 11) is 0. The quantitative estimate of drug-likeness (QED) is 0.400. The van der Waals surface area contributed by atoms with Crippen LogP contribution in [0.5, 0.6) is 5.75 Å². The highest BCUT2D eigenvalue weighted by Crippen LogP contribution is 2.50. The number of halogens is 4. The average Bonchev–Trinajstić information content (AvgIpc) is 2.70. The average molecular weight is 437 g/mol. The lowest BCUT2D eigenvalue weighted by Gasteiger charge is -2.35. The summed E-state index contributed by atoms with van der Waals surface area (Å²) < 4.78 is 62.9. The van der Waals surface area contributed by atoms with Crippen LogP contribution in [-0.4, -0.2) is 5.54 Å². The van der Waals surface area contributed by atoms with Gasteiger partial charge in [0.25, 0.3) is 0 Å². The van der Waals surface area contributed by atoms with Crippen LogP contribution in [-0.2, 0) is 0 Å². The number of ether oxygens (including phenoxy) is 1. The predicted octanol–water partition coefficient (Wildman–Crippen LogP) is 7.41. The number of rotatable bonds is 1. The monoisotopic (exact) mass is 437 g/mol. The predicted molar refractivity (Wildman–Crippen MR) is 118 cm³/mol. The molecule has 5 rings (SSSR count). The van der Waals surface area contributed by atoms with E-state index in [-0.39, 0.29) is 28.2 Å². The largest absolute Gasteiger partial charge is 0.453 e. The zero-order valence-corrected chi connectivity index (χ0v) is 17.6. The van der Waals surface area contributed by atoms with E-state index in [0.717, 1.165) is 41.1 Å². The Morgan fingerprint density at radius 3 is 2.41 bits per heavy atom. The Hall–Kier alpha value is -3.54. The number of hydrogen-bond donors (Lipinski definition) is 1. The van der Waals surface area contributed by atoms with Gasteiger partial charge in [0.1, 0.15) is 23.2 Å². The Morgan fingerprint density at radius 2 is 1.62 bits per heavy atom. The van der Waals surface area contributed by atoms with E-state index in [9.17, 15) is 17.6 Å². The lowest BCUT2D eigenvalue weighted by atomic mass is 9.83. The molecule has 1 N–H and O–H groups in total. The van der Waals surface area contributed by atoms with Gasteiger partial charge in [-0.25, -0.2) is 17.6 Å². The number of benzene rings is 3. The maximum absolute atomic E-state index is 14.6. The van der Waals surface area contributed by atoms with Crippen molar-refractivity contribution in [3.05, 3.63) is 88.5 Å². The fourth-order valence-corrected chi connectivity index (χ4v) is 4.49. The van der Waals surface area contributed by atoms with Crippen LogP contribution in [0.3, 0.4) is 0 Å². The topological polar surface area (TPSA) is 21.3 Å². The molecule has 162 valence electrons. The Kier molecular flexibility index (Phi) is 4.45. The minimum Gasteiger partial charge on any atom is -0.453 e. The lowest BCUT2D eigenvalue weighted by molar-refractivity contribution is 0.460. The maximum Gasteiger partial charge on any atom is 0.171 e. The molecule has 0 radical (unpaired) electrons. The van der Waals surface area contributed by atoms with Gasteiger partial charge in [-0.2, -0.15) is 0 Å². The first-order valence-corrected chi connectivity index (χ1v) is 10.1. The summed E-state index contributed by atoms with van der Waals surface area (Å²) in [4.78, 5) is 0. The van der Waals surface area contributed by atoms with Gasteiger partial charge in [-0.15, -0.1) is 0 Å². The van der Waals surface area contributed by atoms with Gasteiger partial charge in [0, 0.05) is 34.0 Å². The third-order valence-electron chi connectivity index (χ3n) is 5.64. The van der Waals surface area contributed by atoms with Crippen LogP contribution in [0.15, 0.2) is 48.5 Å². The van der Waals surface area contributed by atoms with E-state index < -0.39 is 23.3 Å². The Labute approximate surface area is 182 Å². The van der Waals surface area contributed by atoms with Crippen LogP contribution < -0.4 is 10.1 Å². The molecular weight excluding hydrogens is 418 g/mol. The van der Waals surface area contributed by atoms with Crippen LogP contribution in [0.4, 0.5) is 23.2 Å². The van der Waals surface area contributed by atoms with Gasteiger partial charge < -0.3 is 10.1 Å². The van der Waals surface area contributed by atoms with Crippen molar-refractivity contribution < 1.29 is 22.3 Å². The van der Waals surface area contributed by atoms with E-state index in [1.807, 2.05) is 32.9 Å². The summed E-state index contributed by atoms with van der Waals surface area (Å²) in [6.45, 7) is 5.98. The van der Waals surface area contributed by atoms with Crippen molar-refractivity contribution in [2.24, 2.45) is 0 Å². The van der Waals surface area contributed by atoms with Crippen LogP contribution >= 0.6 is 0 Å². The Morgan fingerprint density at radius 1 is 0.844 bits per heavy atom. The maximum atomic E-state index is 14.6. The van der Waals surface area contributed by atoms with Gasteiger partial charge in [0.2, 0.25) is 0 Å². The van der Waals surface area contributed by atoms with Gasteiger partial charge >= 0.3 is 0 Å². The van der Waals surface area contributed by atoms with Crippen LogP contribution in [0.1, 0.15) is 37.5 Å². The summed E-state index contributed by atoms with van der Waals surface area (Å²) in [6.07, 6.45) is 3.38. The fraction of sp³-hybridized carbons (Fsp3) is 0.154. The second-order valence-electron chi connectivity index (χ2n) is 8.63. The van der Waals surface area contributed by atoms with Crippen molar-refractivity contribution in [3.63, 3.8) is 0 Å². The van der Waals surface area contributed by atoms with Crippen LogP contribution in [0, 0.1) is 23.3 Å².